The van der Waals surface area contributed by atoms with Crippen LogP contribution in [0.25, 0.3) is 0 Å². The Balaban J connectivity index is 1.75. The van der Waals surface area contributed by atoms with Gasteiger partial charge in [0.15, 0.2) is 0 Å². The van der Waals surface area contributed by atoms with Gasteiger partial charge in [-0.25, -0.2) is 8.42 Å². The Morgan fingerprint density at radius 2 is 1.62 bits per heavy atom. The molecule has 0 saturated heterocycles. The smallest absolute Gasteiger partial charge is 0.264 e. The van der Waals surface area contributed by atoms with Crippen molar-refractivity contribution in [2.75, 3.05) is 18.0 Å². The minimum Gasteiger partial charge on any atom is -0.495 e. The van der Waals surface area contributed by atoms with Crippen LogP contribution in [0.3, 0.4) is 0 Å². The molecule has 3 aromatic rings. The molecule has 1 saturated carbocycles. The third-order valence-corrected chi connectivity index (χ3v) is 9.84. The second kappa shape index (κ2) is 14.0. The standard InChI is InChI=1S/C30H32Cl3N3O5S/c1-20(30(38)34-24-8-6-7-9-24)35(18-21-12-13-22(31)16-26(21)33)29(37)19-36(27-17-23(32)14-15-28(27)41-2)42(39,40)25-10-4-3-5-11-25/h3-5,10-17,20,24H,6-9,18-19H2,1-2H3,(H,34,38). The van der Waals surface area contributed by atoms with Gasteiger partial charge in [0.05, 0.1) is 17.7 Å². The molecule has 0 aliphatic heterocycles. The van der Waals surface area contributed by atoms with E-state index >= 15 is 0 Å². The zero-order valence-electron chi connectivity index (χ0n) is 23.2. The van der Waals surface area contributed by atoms with Crippen molar-refractivity contribution in [2.45, 2.75) is 56.1 Å². The average Bonchev–Trinajstić information content (AvgIpc) is 3.48. The van der Waals surface area contributed by atoms with E-state index in [9.17, 15) is 18.0 Å². The lowest BCUT2D eigenvalue weighted by Crippen LogP contribution is -2.52. The quantitative estimate of drug-likeness (QED) is 0.261. The highest BCUT2D eigenvalue weighted by Gasteiger charge is 2.34. The van der Waals surface area contributed by atoms with E-state index in [4.69, 9.17) is 39.5 Å². The van der Waals surface area contributed by atoms with E-state index in [1.54, 1.807) is 49.4 Å². The van der Waals surface area contributed by atoms with Gasteiger partial charge in [-0.05, 0) is 67.8 Å². The number of sulfonamides is 1. The molecule has 0 aromatic heterocycles. The zero-order chi connectivity index (χ0) is 30.4. The fourth-order valence-corrected chi connectivity index (χ4v) is 6.97. The van der Waals surface area contributed by atoms with Crippen molar-refractivity contribution in [3.8, 4) is 5.75 Å². The molecule has 1 unspecified atom stereocenters. The average molecular weight is 653 g/mol. The first-order valence-corrected chi connectivity index (χ1v) is 16.0. The van der Waals surface area contributed by atoms with Crippen molar-refractivity contribution in [3.63, 3.8) is 0 Å². The summed E-state index contributed by atoms with van der Waals surface area (Å²) >= 11 is 18.8. The molecule has 4 rings (SSSR count). The molecule has 42 heavy (non-hydrogen) atoms. The molecule has 2 amide bonds. The molecule has 1 aliphatic carbocycles. The summed E-state index contributed by atoms with van der Waals surface area (Å²) in [6.07, 6.45) is 3.78. The Kier molecular flexibility index (Phi) is 10.6. The van der Waals surface area contributed by atoms with Gasteiger partial charge in [-0.1, -0.05) is 71.9 Å². The van der Waals surface area contributed by atoms with Crippen LogP contribution in [-0.4, -0.2) is 50.9 Å². The molecule has 0 radical (unpaired) electrons. The number of methoxy groups -OCH3 is 1. The normalized spacial score (nSPS) is 14.3. The molecule has 3 aromatic carbocycles. The number of carbonyl (C=O) groups excluding carboxylic acids is 2. The molecule has 0 bridgehead atoms. The van der Waals surface area contributed by atoms with Crippen molar-refractivity contribution < 1.29 is 22.7 Å². The number of rotatable bonds is 11. The van der Waals surface area contributed by atoms with Crippen LogP contribution in [0.15, 0.2) is 71.6 Å². The van der Waals surface area contributed by atoms with Crippen LogP contribution in [0.1, 0.15) is 38.2 Å². The maximum atomic E-state index is 14.2. The van der Waals surface area contributed by atoms with Gasteiger partial charge in [0.2, 0.25) is 11.8 Å². The van der Waals surface area contributed by atoms with Crippen LogP contribution < -0.4 is 14.4 Å². The summed E-state index contributed by atoms with van der Waals surface area (Å²) in [5.74, 6) is -0.763. The summed E-state index contributed by atoms with van der Waals surface area (Å²) in [4.78, 5) is 28.8. The Labute approximate surface area is 261 Å². The molecular formula is C30H32Cl3N3O5S. The first-order chi connectivity index (χ1) is 20.0. The molecule has 1 atom stereocenters. The summed E-state index contributed by atoms with van der Waals surface area (Å²) in [5.41, 5.74) is 0.627. The van der Waals surface area contributed by atoms with Crippen LogP contribution in [0.4, 0.5) is 5.69 Å². The number of nitrogens with zero attached hydrogens (tertiary/aromatic N) is 2. The summed E-state index contributed by atoms with van der Waals surface area (Å²) in [6, 6.07) is 16.2. The van der Waals surface area contributed by atoms with Crippen LogP contribution in [0.5, 0.6) is 5.75 Å². The Morgan fingerprint density at radius 3 is 2.26 bits per heavy atom. The minimum absolute atomic E-state index is 0.0286. The van der Waals surface area contributed by atoms with Gasteiger partial charge in [0, 0.05) is 27.7 Å². The SMILES string of the molecule is COc1ccc(Cl)cc1N(CC(=O)N(Cc1ccc(Cl)cc1Cl)C(C)C(=O)NC1CCCC1)S(=O)(=O)c1ccccc1. The first kappa shape index (κ1) is 31.9. The van der Waals surface area contributed by atoms with Crippen LogP contribution >= 0.6 is 34.8 Å². The van der Waals surface area contributed by atoms with Crippen LogP contribution in [-0.2, 0) is 26.2 Å². The fourth-order valence-electron chi connectivity index (χ4n) is 4.90. The number of amides is 2. The van der Waals surface area contributed by atoms with E-state index < -0.39 is 28.5 Å². The van der Waals surface area contributed by atoms with Crippen molar-refractivity contribution in [2.24, 2.45) is 0 Å². The Morgan fingerprint density at radius 1 is 0.976 bits per heavy atom. The van der Waals surface area contributed by atoms with Gasteiger partial charge in [-0.15, -0.1) is 0 Å². The van der Waals surface area contributed by atoms with Crippen molar-refractivity contribution in [3.05, 3.63) is 87.4 Å². The van der Waals surface area contributed by atoms with Gasteiger partial charge >= 0.3 is 0 Å². The lowest BCUT2D eigenvalue weighted by atomic mass is 10.1. The molecule has 0 heterocycles. The molecule has 1 N–H and O–H groups in total. The largest absolute Gasteiger partial charge is 0.495 e. The van der Waals surface area contributed by atoms with Crippen molar-refractivity contribution in [1.82, 2.24) is 10.2 Å². The number of carbonyl (C=O) groups is 2. The number of anilines is 1. The molecule has 8 nitrogen and oxygen atoms in total. The number of ether oxygens (including phenoxy) is 1. The van der Waals surface area contributed by atoms with Gasteiger partial charge in [-0.3, -0.25) is 13.9 Å². The van der Waals surface area contributed by atoms with E-state index in [1.165, 1.54) is 36.3 Å². The first-order valence-electron chi connectivity index (χ1n) is 13.5. The lowest BCUT2D eigenvalue weighted by Gasteiger charge is -2.33. The predicted octanol–water partition coefficient (Wildman–Crippen LogP) is 6.33. The summed E-state index contributed by atoms with van der Waals surface area (Å²) in [5, 5.41) is 4.02. The Hall–Kier alpha value is -2.98. The Bertz CT molecular complexity index is 1530. The summed E-state index contributed by atoms with van der Waals surface area (Å²) < 4.78 is 34.4. The number of benzene rings is 3. The van der Waals surface area contributed by atoms with Crippen molar-refractivity contribution >= 4 is 62.3 Å². The van der Waals surface area contributed by atoms with Crippen molar-refractivity contribution in [1.29, 1.82) is 0 Å². The highest BCUT2D eigenvalue weighted by Crippen LogP contribution is 2.35. The summed E-state index contributed by atoms with van der Waals surface area (Å²) in [6.45, 7) is 0.919. The fraction of sp³-hybridized carbons (Fsp3) is 0.333. The number of hydrogen-bond donors (Lipinski definition) is 1. The summed E-state index contributed by atoms with van der Waals surface area (Å²) in [7, 11) is -2.89. The zero-order valence-corrected chi connectivity index (χ0v) is 26.3. The second-order valence-electron chi connectivity index (χ2n) is 10.1. The van der Waals surface area contributed by atoms with Gasteiger partial charge in [0.25, 0.3) is 10.0 Å². The van der Waals surface area contributed by atoms with Crippen LogP contribution in [0, 0.1) is 0 Å². The topological polar surface area (TPSA) is 96.0 Å². The maximum Gasteiger partial charge on any atom is 0.264 e. The van der Waals surface area contributed by atoms with E-state index in [0.29, 0.717) is 15.6 Å². The van der Waals surface area contributed by atoms with Gasteiger partial charge in [0.1, 0.15) is 18.3 Å². The van der Waals surface area contributed by atoms with E-state index in [-0.39, 0.29) is 39.8 Å². The molecule has 12 heteroatoms. The van der Waals surface area contributed by atoms with Gasteiger partial charge in [-0.2, -0.15) is 0 Å². The number of hydrogen-bond acceptors (Lipinski definition) is 5. The van der Waals surface area contributed by atoms with E-state index in [2.05, 4.69) is 5.32 Å². The van der Waals surface area contributed by atoms with Crippen LogP contribution in [0.2, 0.25) is 15.1 Å². The maximum absolute atomic E-state index is 14.2. The lowest BCUT2D eigenvalue weighted by molar-refractivity contribution is -0.139. The monoisotopic (exact) mass is 651 g/mol. The third kappa shape index (κ3) is 7.50. The minimum atomic E-state index is -4.28. The highest BCUT2D eigenvalue weighted by molar-refractivity contribution is 7.92. The van der Waals surface area contributed by atoms with Gasteiger partial charge < -0.3 is 15.0 Å². The molecule has 224 valence electrons. The second-order valence-corrected chi connectivity index (χ2v) is 13.2. The third-order valence-electron chi connectivity index (χ3n) is 7.24. The van der Waals surface area contributed by atoms with E-state index in [0.717, 1.165) is 30.0 Å². The highest BCUT2D eigenvalue weighted by atomic mass is 35.5. The molecule has 1 fully saturated rings. The van der Waals surface area contributed by atoms with E-state index in [1.807, 2.05) is 0 Å². The molecule has 1 aliphatic rings. The molecular weight excluding hydrogens is 621 g/mol. The molecule has 0 spiro atoms. The number of halogens is 3. The predicted molar refractivity (Wildman–Crippen MR) is 166 cm³/mol. The number of nitrogens with one attached hydrogen (secondary N) is 1.